The van der Waals surface area contributed by atoms with E-state index in [4.69, 9.17) is 33.3 Å². The van der Waals surface area contributed by atoms with Gasteiger partial charge in [-0.25, -0.2) is 0 Å². The van der Waals surface area contributed by atoms with Gasteiger partial charge < -0.3 is 9.47 Å². The molecule has 0 saturated heterocycles. The van der Waals surface area contributed by atoms with Crippen molar-refractivity contribution in [2.75, 3.05) is 13.7 Å². The summed E-state index contributed by atoms with van der Waals surface area (Å²) < 4.78 is 10.1. The Morgan fingerprint density at radius 1 is 1.38 bits per heavy atom. The Bertz CT molecular complexity index is 284. The predicted octanol–water partition coefficient (Wildman–Crippen LogP) is 2.69. The Kier molecular flexibility index (Phi) is 3.99. The average Bonchev–Trinajstić information content (AvgIpc) is 2.16. The quantitative estimate of drug-likeness (QED) is 0.724. The highest BCUT2D eigenvalue weighted by molar-refractivity contribution is 7.80. The van der Waals surface area contributed by atoms with Crippen molar-refractivity contribution in [2.45, 2.75) is 0 Å². The second kappa shape index (κ2) is 5.04. The normalized spacial score (nSPS) is 9.38. The first-order valence-corrected chi connectivity index (χ1v) is 4.46. The highest BCUT2D eigenvalue weighted by atomic mass is 35.5. The minimum absolute atomic E-state index is 0.285. The molecule has 0 N–H and O–H groups in total. The van der Waals surface area contributed by atoms with Crippen molar-refractivity contribution < 1.29 is 9.47 Å². The predicted molar refractivity (Wildman–Crippen MR) is 56.6 cm³/mol. The van der Waals surface area contributed by atoms with E-state index in [9.17, 15) is 0 Å². The number of ether oxygens (including phenoxy) is 2. The van der Waals surface area contributed by atoms with Crippen LogP contribution in [0, 0.1) is 0 Å². The van der Waals surface area contributed by atoms with Crippen LogP contribution in [0.3, 0.4) is 0 Å². The fourth-order valence-corrected chi connectivity index (χ4v) is 0.917. The molecule has 0 saturated carbocycles. The topological polar surface area (TPSA) is 18.5 Å². The minimum Gasteiger partial charge on any atom is -0.487 e. The summed E-state index contributed by atoms with van der Waals surface area (Å²) in [7, 11) is 1.52. The molecule has 0 bridgehead atoms. The Morgan fingerprint density at radius 3 is 2.54 bits per heavy atom. The van der Waals surface area contributed by atoms with Crippen LogP contribution in [0.2, 0.25) is 5.02 Å². The Hall–Kier alpha value is -0.800. The molecular formula is C9H9ClO2S. The van der Waals surface area contributed by atoms with Gasteiger partial charge in [0.25, 0.3) is 0 Å². The lowest BCUT2D eigenvalue weighted by atomic mass is 10.3. The van der Waals surface area contributed by atoms with Crippen LogP contribution in [-0.4, -0.2) is 18.8 Å². The molecule has 0 unspecified atom stereocenters. The van der Waals surface area contributed by atoms with Crippen LogP contribution in [0.25, 0.3) is 0 Å². The number of methoxy groups -OCH3 is 1. The van der Waals surface area contributed by atoms with Crippen LogP contribution in [0.4, 0.5) is 0 Å². The van der Waals surface area contributed by atoms with Crippen molar-refractivity contribution in [1.82, 2.24) is 0 Å². The van der Waals surface area contributed by atoms with E-state index in [2.05, 4.69) is 0 Å². The zero-order valence-corrected chi connectivity index (χ0v) is 8.69. The molecule has 1 aromatic rings. The minimum atomic E-state index is 0.285. The average molecular weight is 217 g/mol. The molecule has 0 atom stereocenters. The van der Waals surface area contributed by atoms with Gasteiger partial charge in [-0.3, -0.25) is 0 Å². The molecule has 13 heavy (non-hydrogen) atoms. The van der Waals surface area contributed by atoms with Crippen LogP contribution in [0.5, 0.6) is 5.75 Å². The summed E-state index contributed by atoms with van der Waals surface area (Å²) in [5.74, 6) is 0.726. The number of hydrogen-bond acceptors (Lipinski definition) is 3. The highest BCUT2D eigenvalue weighted by Crippen LogP contribution is 2.15. The Labute approximate surface area is 87.4 Å². The molecule has 2 nitrogen and oxygen atoms in total. The van der Waals surface area contributed by atoms with Crippen molar-refractivity contribution in [3.63, 3.8) is 0 Å². The van der Waals surface area contributed by atoms with Crippen molar-refractivity contribution in [1.29, 1.82) is 0 Å². The molecule has 0 aliphatic heterocycles. The number of hydrogen-bond donors (Lipinski definition) is 0. The van der Waals surface area contributed by atoms with E-state index >= 15 is 0 Å². The fourth-order valence-electron chi connectivity index (χ4n) is 0.732. The standard InChI is InChI=1S/C9H9ClO2S/c1-11-9(13)6-12-8-4-2-7(10)3-5-8/h2-5H,6H2,1H3. The van der Waals surface area contributed by atoms with Crippen LogP contribution < -0.4 is 4.74 Å². The molecule has 1 rings (SSSR count). The molecule has 1 aromatic carbocycles. The maximum Gasteiger partial charge on any atom is 0.197 e. The number of rotatable bonds is 3. The molecule has 70 valence electrons. The van der Waals surface area contributed by atoms with Crippen LogP contribution in [0.15, 0.2) is 24.3 Å². The Morgan fingerprint density at radius 2 is 2.00 bits per heavy atom. The first kappa shape index (κ1) is 10.3. The first-order chi connectivity index (χ1) is 6.22. The maximum absolute atomic E-state index is 5.70. The zero-order chi connectivity index (χ0) is 9.68. The smallest absolute Gasteiger partial charge is 0.197 e. The summed E-state index contributed by atoms with van der Waals surface area (Å²) in [5, 5.41) is 1.11. The molecule has 0 spiro atoms. The van der Waals surface area contributed by atoms with Gasteiger partial charge in [0.1, 0.15) is 5.75 Å². The third-order valence-corrected chi connectivity index (χ3v) is 1.93. The van der Waals surface area contributed by atoms with Crippen molar-refractivity contribution >= 4 is 28.9 Å². The van der Waals surface area contributed by atoms with E-state index in [0.29, 0.717) is 10.1 Å². The van der Waals surface area contributed by atoms with E-state index in [1.54, 1.807) is 24.3 Å². The summed E-state index contributed by atoms with van der Waals surface area (Å²) in [5.41, 5.74) is 0. The lowest BCUT2D eigenvalue weighted by Gasteiger charge is -2.05. The van der Waals surface area contributed by atoms with Gasteiger partial charge in [-0.1, -0.05) is 11.6 Å². The lowest BCUT2D eigenvalue weighted by Crippen LogP contribution is -2.10. The van der Waals surface area contributed by atoms with Gasteiger partial charge in [0.2, 0.25) is 0 Å². The number of thiocarbonyl (C=S) groups is 1. The molecule has 0 amide bonds. The summed E-state index contributed by atoms with van der Waals surface area (Å²) in [4.78, 5) is 0. The molecule has 0 heterocycles. The molecule has 0 fully saturated rings. The van der Waals surface area contributed by atoms with Crippen molar-refractivity contribution in [3.8, 4) is 5.75 Å². The summed E-state index contributed by atoms with van der Waals surface area (Å²) >= 11 is 10.5. The summed E-state index contributed by atoms with van der Waals surface area (Å²) in [6.07, 6.45) is 0. The van der Waals surface area contributed by atoms with Gasteiger partial charge in [0.15, 0.2) is 11.7 Å². The lowest BCUT2D eigenvalue weighted by molar-refractivity contribution is 0.321. The van der Waals surface area contributed by atoms with Crippen LogP contribution in [-0.2, 0) is 4.74 Å². The molecule has 4 heteroatoms. The molecule has 0 aliphatic carbocycles. The van der Waals surface area contributed by atoms with E-state index in [1.165, 1.54) is 7.11 Å². The fraction of sp³-hybridized carbons (Fsp3) is 0.222. The second-order valence-electron chi connectivity index (χ2n) is 2.32. The summed E-state index contributed by atoms with van der Waals surface area (Å²) in [6.45, 7) is 0.285. The summed E-state index contributed by atoms with van der Waals surface area (Å²) in [6, 6.07) is 7.07. The van der Waals surface area contributed by atoms with Gasteiger partial charge in [0.05, 0.1) is 7.11 Å². The maximum atomic E-state index is 5.70. The molecule has 0 aromatic heterocycles. The van der Waals surface area contributed by atoms with Gasteiger partial charge in [0, 0.05) is 5.02 Å². The van der Waals surface area contributed by atoms with Gasteiger partial charge >= 0.3 is 0 Å². The van der Waals surface area contributed by atoms with Crippen molar-refractivity contribution in [3.05, 3.63) is 29.3 Å². The van der Waals surface area contributed by atoms with Gasteiger partial charge in [-0.05, 0) is 36.5 Å². The van der Waals surface area contributed by atoms with Gasteiger partial charge in [-0.2, -0.15) is 0 Å². The monoisotopic (exact) mass is 216 g/mol. The second-order valence-corrected chi connectivity index (χ2v) is 3.21. The van der Waals surface area contributed by atoms with E-state index in [1.807, 2.05) is 0 Å². The largest absolute Gasteiger partial charge is 0.487 e. The van der Waals surface area contributed by atoms with Gasteiger partial charge in [-0.15, -0.1) is 0 Å². The van der Waals surface area contributed by atoms with E-state index in [0.717, 1.165) is 5.75 Å². The molecule has 0 aliphatic rings. The molecular weight excluding hydrogens is 208 g/mol. The SMILES string of the molecule is COC(=S)COc1ccc(Cl)cc1. The third kappa shape index (κ3) is 3.61. The van der Waals surface area contributed by atoms with E-state index < -0.39 is 0 Å². The molecule has 0 radical (unpaired) electrons. The van der Waals surface area contributed by atoms with Crippen LogP contribution in [0.1, 0.15) is 0 Å². The third-order valence-electron chi connectivity index (χ3n) is 1.40. The number of halogens is 1. The van der Waals surface area contributed by atoms with Crippen molar-refractivity contribution in [2.24, 2.45) is 0 Å². The Balaban J connectivity index is 2.46. The first-order valence-electron chi connectivity index (χ1n) is 3.67. The van der Waals surface area contributed by atoms with E-state index in [-0.39, 0.29) is 6.61 Å². The van der Waals surface area contributed by atoms with Crippen LogP contribution >= 0.6 is 23.8 Å². The zero-order valence-electron chi connectivity index (χ0n) is 7.12. The highest BCUT2D eigenvalue weighted by Gasteiger charge is 1.97. The number of benzene rings is 1.